The fraction of sp³-hybridized carbons (Fsp3) is 0.100. The SMILES string of the molecule is CNc1nc2nncn2c2cc(N)ccc12. The third-order valence-electron chi connectivity index (χ3n) is 2.51. The first-order chi connectivity index (χ1) is 7.79. The third-order valence-corrected chi connectivity index (χ3v) is 2.51. The first-order valence-electron chi connectivity index (χ1n) is 4.86. The number of hydrogen-bond donors (Lipinski definition) is 2. The lowest BCUT2D eigenvalue weighted by Crippen LogP contribution is -1.99. The number of benzene rings is 1. The molecule has 0 atom stereocenters. The predicted octanol–water partition coefficient (Wildman–Crippen LogP) is 0.901. The van der Waals surface area contributed by atoms with Crippen LogP contribution in [0.15, 0.2) is 24.5 Å². The quantitative estimate of drug-likeness (QED) is 0.588. The van der Waals surface area contributed by atoms with Crippen molar-refractivity contribution in [2.75, 3.05) is 18.1 Å². The van der Waals surface area contributed by atoms with Gasteiger partial charge in [0.25, 0.3) is 5.78 Å². The second kappa shape index (κ2) is 3.06. The minimum absolute atomic E-state index is 0.558. The smallest absolute Gasteiger partial charge is 0.257 e. The molecule has 0 fully saturated rings. The molecule has 2 aromatic heterocycles. The van der Waals surface area contributed by atoms with Crippen LogP contribution in [0.5, 0.6) is 0 Å². The summed E-state index contributed by atoms with van der Waals surface area (Å²) in [5.41, 5.74) is 7.43. The van der Waals surface area contributed by atoms with Crippen LogP contribution >= 0.6 is 0 Å². The number of nitrogens with zero attached hydrogens (tertiary/aromatic N) is 4. The summed E-state index contributed by atoms with van der Waals surface area (Å²) >= 11 is 0. The van der Waals surface area contributed by atoms with Crippen LogP contribution in [0, 0.1) is 0 Å². The fourth-order valence-electron chi connectivity index (χ4n) is 1.77. The second-order valence-electron chi connectivity index (χ2n) is 3.49. The zero-order valence-electron chi connectivity index (χ0n) is 8.68. The molecule has 6 nitrogen and oxygen atoms in total. The normalized spacial score (nSPS) is 11.1. The van der Waals surface area contributed by atoms with Gasteiger partial charge in [0.1, 0.15) is 12.1 Å². The number of nitrogens with two attached hydrogens (primary N) is 1. The Bertz CT molecular complexity index is 671. The lowest BCUT2D eigenvalue weighted by Gasteiger charge is -2.07. The molecular formula is C10H10N6. The van der Waals surface area contributed by atoms with Gasteiger partial charge in [-0.2, -0.15) is 4.98 Å². The van der Waals surface area contributed by atoms with Crippen LogP contribution in [-0.2, 0) is 0 Å². The molecule has 3 N–H and O–H groups in total. The Morgan fingerprint density at radius 3 is 3.06 bits per heavy atom. The standard InChI is InChI=1S/C10H10N6/c1-12-9-7-3-2-6(11)4-8(7)16-5-13-15-10(16)14-9/h2-5H,11H2,1H3,(H,12,14,15). The van der Waals surface area contributed by atoms with E-state index in [1.54, 1.807) is 6.33 Å². The number of fused-ring (bicyclic) bond motifs is 3. The van der Waals surface area contributed by atoms with E-state index in [1.165, 1.54) is 0 Å². The van der Waals surface area contributed by atoms with E-state index in [2.05, 4.69) is 20.5 Å². The molecule has 2 heterocycles. The van der Waals surface area contributed by atoms with Gasteiger partial charge in [-0.3, -0.25) is 4.40 Å². The van der Waals surface area contributed by atoms with Gasteiger partial charge < -0.3 is 11.1 Å². The van der Waals surface area contributed by atoms with E-state index in [0.717, 1.165) is 16.7 Å². The summed E-state index contributed by atoms with van der Waals surface area (Å²) in [5, 5.41) is 11.8. The van der Waals surface area contributed by atoms with E-state index < -0.39 is 0 Å². The van der Waals surface area contributed by atoms with Crippen LogP contribution in [0.3, 0.4) is 0 Å². The van der Waals surface area contributed by atoms with Gasteiger partial charge in [0.15, 0.2) is 0 Å². The summed E-state index contributed by atoms with van der Waals surface area (Å²) in [7, 11) is 1.82. The van der Waals surface area contributed by atoms with Crippen LogP contribution in [0.4, 0.5) is 11.5 Å². The molecule has 80 valence electrons. The average molecular weight is 214 g/mol. The number of nitrogen functional groups attached to an aromatic ring is 1. The van der Waals surface area contributed by atoms with Crippen LogP contribution in [0.1, 0.15) is 0 Å². The Hall–Kier alpha value is -2.37. The molecule has 0 saturated heterocycles. The van der Waals surface area contributed by atoms with E-state index in [0.29, 0.717) is 11.5 Å². The van der Waals surface area contributed by atoms with Gasteiger partial charge in [-0.05, 0) is 18.2 Å². The topological polar surface area (TPSA) is 81.1 Å². The van der Waals surface area contributed by atoms with E-state index in [1.807, 2.05) is 29.6 Å². The van der Waals surface area contributed by atoms with Gasteiger partial charge >= 0.3 is 0 Å². The maximum Gasteiger partial charge on any atom is 0.257 e. The lowest BCUT2D eigenvalue weighted by molar-refractivity contribution is 1.10. The summed E-state index contributed by atoms with van der Waals surface area (Å²) in [6, 6.07) is 5.66. The fourth-order valence-corrected chi connectivity index (χ4v) is 1.77. The molecule has 1 aromatic carbocycles. The predicted molar refractivity (Wildman–Crippen MR) is 62.2 cm³/mol. The highest BCUT2D eigenvalue weighted by atomic mass is 15.3. The second-order valence-corrected chi connectivity index (χ2v) is 3.49. The zero-order valence-corrected chi connectivity index (χ0v) is 8.68. The Labute approximate surface area is 91.1 Å². The summed E-state index contributed by atoms with van der Waals surface area (Å²) in [6.45, 7) is 0. The minimum atomic E-state index is 0.558. The molecule has 0 aliphatic rings. The first-order valence-corrected chi connectivity index (χ1v) is 4.86. The molecule has 0 aliphatic heterocycles. The molecule has 0 radical (unpaired) electrons. The molecule has 0 saturated carbocycles. The van der Waals surface area contributed by atoms with Crippen molar-refractivity contribution in [3.8, 4) is 0 Å². The molecule has 0 unspecified atom stereocenters. The van der Waals surface area contributed by atoms with Crippen molar-refractivity contribution in [3.05, 3.63) is 24.5 Å². The van der Waals surface area contributed by atoms with Gasteiger partial charge in [0.05, 0.1) is 5.52 Å². The van der Waals surface area contributed by atoms with Gasteiger partial charge in [-0.25, -0.2) is 0 Å². The molecule has 0 amide bonds. The van der Waals surface area contributed by atoms with Crippen molar-refractivity contribution in [3.63, 3.8) is 0 Å². The minimum Gasteiger partial charge on any atom is -0.399 e. The molecule has 16 heavy (non-hydrogen) atoms. The zero-order chi connectivity index (χ0) is 11.1. The van der Waals surface area contributed by atoms with Gasteiger partial charge in [-0.15, -0.1) is 10.2 Å². The van der Waals surface area contributed by atoms with E-state index in [4.69, 9.17) is 5.73 Å². The monoisotopic (exact) mass is 214 g/mol. The molecule has 3 rings (SSSR count). The highest BCUT2D eigenvalue weighted by molar-refractivity contribution is 5.92. The highest BCUT2D eigenvalue weighted by Crippen LogP contribution is 2.23. The third kappa shape index (κ3) is 1.10. The number of hydrogen-bond acceptors (Lipinski definition) is 5. The summed E-state index contributed by atoms with van der Waals surface area (Å²) in [4.78, 5) is 4.35. The highest BCUT2D eigenvalue weighted by Gasteiger charge is 2.08. The molecule has 6 heteroatoms. The Morgan fingerprint density at radius 1 is 1.38 bits per heavy atom. The van der Waals surface area contributed by atoms with E-state index in [-0.39, 0.29) is 0 Å². The number of anilines is 2. The molecule has 0 bridgehead atoms. The Balaban J connectivity index is 2.56. The molecule has 0 spiro atoms. The summed E-state index contributed by atoms with van der Waals surface area (Å²) in [6.07, 6.45) is 1.63. The van der Waals surface area contributed by atoms with Crippen molar-refractivity contribution in [2.45, 2.75) is 0 Å². The molecule has 3 aromatic rings. The van der Waals surface area contributed by atoms with E-state index >= 15 is 0 Å². The van der Waals surface area contributed by atoms with Crippen LogP contribution in [0.25, 0.3) is 16.7 Å². The lowest BCUT2D eigenvalue weighted by atomic mass is 10.2. The van der Waals surface area contributed by atoms with Crippen LogP contribution < -0.4 is 11.1 Å². The van der Waals surface area contributed by atoms with Crippen molar-refractivity contribution in [1.82, 2.24) is 19.6 Å². The maximum atomic E-state index is 5.78. The molecule has 0 aliphatic carbocycles. The number of aromatic nitrogens is 4. The van der Waals surface area contributed by atoms with Gasteiger partial charge in [-0.1, -0.05) is 0 Å². The number of rotatable bonds is 1. The van der Waals surface area contributed by atoms with E-state index in [9.17, 15) is 0 Å². The maximum absolute atomic E-state index is 5.78. The Kier molecular flexibility index (Phi) is 1.70. The molecular weight excluding hydrogens is 204 g/mol. The number of nitrogens with one attached hydrogen (secondary N) is 1. The van der Waals surface area contributed by atoms with Gasteiger partial charge in [0.2, 0.25) is 0 Å². The van der Waals surface area contributed by atoms with Crippen molar-refractivity contribution < 1.29 is 0 Å². The average Bonchev–Trinajstić information content (AvgIpc) is 2.75. The largest absolute Gasteiger partial charge is 0.399 e. The van der Waals surface area contributed by atoms with Crippen molar-refractivity contribution in [2.24, 2.45) is 0 Å². The van der Waals surface area contributed by atoms with Crippen molar-refractivity contribution >= 4 is 28.2 Å². The summed E-state index contributed by atoms with van der Waals surface area (Å²) < 4.78 is 1.81. The van der Waals surface area contributed by atoms with Crippen LogP contribution in [0.2, 0.25) is 0 Å². The van der Waals surface area contributed by atoms with Crippen LogP contribution in [-0.4, -0.2) is 26.6 Å². The first kappa shape index (κ1) is 8.90. The Morgan fingerprint density at radius 2 is 2.25 bits per heavy atom. The summed E-state index contributed by atoms with van der Waals surface area (Å²) in [5.74, 6) is 1.33. The van der Waals surface area contributed by atoms with Gasteiger partial charge in [0, 0.05) is 18.1 Å². The van der Waals surface area contributed by atoms with Crippen molar-refractivity contribution in [1.29, 1.82) is 0 Å².